The van der Waals surface area contributed by atoms with Crippen molar-refractivity contribution in [1.29, 1.82) is 0 Å². The minimum atomic E-state index is -4.39. The van der Waals surface area contributed by atoms with E-state index in [9.17, 15) is 31.1 Å². The molecular weight excluding hydrogens is 488 g/mol. The van der Waals surface area contributed by atoms with Gasteiger partial charge in [0.1, 0.15) is 5.82 Å². The number of halogens is 6. The topological polar surface area (TPSA) is 77.4 Å². The molecule has 2 fully saturated rings. The van der Waals surface area contributed by atoms with Gasteiger partial charge in [0.2, 0.25) is 0 Å². The summed E-state index contributed by atoms with van der Waals surface area (Å²) in [6, 6.07) is 7.17. The van der Waals surface area contributed by atoms with E-state index in [0.29, 0.717) is 37.7 Å². The summed E-state index contributed by atoms with van der Waals surface area (Å²) in [7, 11) is 0. The van der Waals surface area contributed by atoms with Crippen LogP contribution in [0.4, 0.5) is 43.5 Å². The molecule has 0 radical (unpaired) electrons. The second-order valence-corrected chi connectivity index (χ2v) is 9.07. The summed E-state index contributed by atoms with van der Waals surface area (Å²) < 4.78 is 74.7. The first-order valence-electron chi connectivity index (χ1n) is 11.9. The summed E-state index contributed by atoms with van der Waals surface area (Å²) in [6.07, 6.45) is -1.47. The SMILES string of the molecule is Nc1ccc(NC2CCCCC2)cc1C(F)(F)F.O=c1cc[nH]c(N2CCN(CC(F)(F)F)CC2)c1. The molecule has 2 aromatic rings. The first-order valence-corrected chi connectivity index (χ1v) is 11.9. The number of benzene rings is 1. The molecule has 1 aromatic heterocycles. The lowest BCUT2D eigenvalue weighted by molar-refractivity contribution is -0.146. The Kier molecular flexibility index (Phi) is 9.15. The lowest BCUT2D eigenvalue weighted by Gasteiger charge is -2.35. The van der Waals surface area contributed by atoms with Crippen molar-refractivity contribution in [3.63, 3.8) is 0 Å². The lowest BCUT2D eigenvalue weighted by Crippen LogP contribution is -2.49. The van der Waals surface area contributed by atoms with E-state index in [0.717, 1.165) is 31.7 Å². The Balaban J connectivity index is 0.000000201. The molecule has 4 rings (SSSR count). The van der Waals surface area contributed by atoms with E-state index < -0.39 is 24.5 Å². The monoisotopic (exact) mass is 519 g/mol. The molecule has 1 aromatic carbocycles. The summed E-state index contributed by atoms with van der Waals surface area (Å²) in [6.45, 7) is 0.783. The van der Waals surface area contributed by atoms with Crippen LogP contribution in [0.15, 0.2) is 41.3 Å². The number of hydrogen-bond donors (Lipinski definition) is 3. The van der Waals surface area contributed by atoms with Crippen molar-refractivity contribution in [2.24, 2.45) is 0 Å². The minimum absolute atomic E-state index is 0.110. The van der Waals surface area contributed by atoms with Crippen molar-refractivity contribution in [3.05, 3.63) is 52.3 Å². The number of hydrogen-bond acceptors (Lipinski definition) is 5. The third kappa shape index (κ3) is 8.65. The normalized spacial score (nSPS) is 17.9. The molecule has 6 nitrogen and oxygen atoms in total. The molecule has 12 heteroatoms. The second kappa shape index (κ2) is 11.9. The summed E-state index contributed by atoms with van der Waals surface area (Å²) in [5, 5.41) is 3.16. The first-order chi connectivity index (χ1) is 16.9. The molecule has 1 aliphatic heterocycles. The zero-order valence-corrected chi connectivity index (χ0v) is 19.8. The van der Waals surface area contributed by atoms with E-state index in [1.165, 1.54) is 29.5 Å². The molecule has 0 bridgehead atoms. The number of alkyl halides is 6. The summed E-state index contributed by atoms with van der Waals surface area (Å²) in [5.74, 6) is 0.661. The van der Waals surface area contributed by atoms with Crippen LogP contribution in [0.25, 0.3) is 0 Å². The third-order valence-electron chi connectivity index (χ3n) is 6.21. The Morgan fingerprint density at radius 1 is 0.944 bits per heavy atom. The molecule has 4 N–H and O–H groups in total. The number of nitrogens with two attached hydrogens (primary N) is 1. The van der Waals surface area contributed by atoms with Crippen LogP contribution in [0.2, 0.25) is 0 Å². The highest BCUT2D eigenvalue weighted by atomic mass is 19.4. The Morgan fingerprint density at radius 3 is 2.19 bits per heavy atom. The first kappa shape index (κ1) is 27.7. The van der Waals surface area contributed by atoms with E-state index >= 15 is 0 Å². The number of aromatic amines is 1. The minimum Gasteiger partial charge on any atom is -0.398 e. The maximum absolute atomic E-state index is 12.7. The fraction of sp³-hybridized carbons (Fsp3) is 0.542. The van der Waals surface area contributed by atoms with Crippen molar-refractivity contribution in [3.8, 4) is 0 Å². The zero-order valence-electron chi connectivity index (χ0n) is 19.8. The molecular formula is C24H31F6N5O. The Bertz CT molecular complexity index is 1020. The average Bonchev–Trinajstić information content (AvgIpc) is 2.80. The smallest absolute Gasteiger partial charge is 0.398 e. The van der Waals surface area contributed by atoms with Crippen LogP contribution in [0.3, 0.4) is 0 Å². The van der Waals surface area contributed by atoms with E-state index in [4.69, 9.17) is 5.73 Å². The van der Waals surface area contributed by atoms with Crippen molar-refractivity contribution in [2.45, 2.75) is 50.5 Å². The van der Waals surface area contributed by atoms with Gasteiger partial charge in [-0.3, -0.25) is 9.69 Å². The van der Waals surface area contributed by atoms with Gasteiger partial charge in [0.15, 0.2) is 5.43 Å². The van der Waals surface area contributed by atoms with Gasteiger partial charge in [0.05, 0.1) is 12.1 Å². The van der Waals surface area contributed by atoms with Crippen LogP contribution in [0.1, 0.15) is 37.7 Å². The van der Waals surface area contributed by atoms with E-state index in [1.807, 2.05) is 4.90 Å². The van der Waals surface area contributed by atoms with Gasteiger partial charge < -0.3 is 20.9 Å². The van der Waals surface area contributed by atoms with Gasteiger partial charge in [-0.25, -0.2) is 0 Å². The van der Waals surface area contributed by atoms with E-state index in [2.05, 4.69) is 10.3 Å². The second-order valence-electron chi connectivity index (χ2n) is 9.07. The fourth-order valence-corrected chi connectivity index (χ4v) is 4.39. The molecule has 200 valence electrons. The molecule has 1 saturated heterocycles. The van der Waals surface area contributed by atoms with Crippen molar-refractivity contribution in [1.82, 2.24) is 9.88 Å². The largest absolute Gasteiger partial charge is 0.418 e. The quantitative estimate of drug-likeness (QED) is 0.388. The Hall–Kier alpha value is -2.89. The highest BCUT2D eigenvalue weighted by Crippen LogP contribution is 2.35. The highest BCUT2D eigenvalue weighted by Gasteiger charge is 2.33. The van der Waals surface area contributed by atoms with Gasteiger partial charge in [0.25, 0.3) is 0 Å². The summed E-state index contributed by atoms with van der Waals surface area (Å²) >= 11 is 0. The molecule has 0 amide bonds. The lowest BCUT2D eigenvalue weighted by atomic mass is 9.95. The molecule has 0 atom stereocenters. The standard InChI is InChI=1S/C13H17F3N2.C11H14F3N3O/c14-13(15,16)11-8-10(6-7-12(11)17)18-9-4-2-1-3-5-9;12-11(13,14)8-16-3-5-17(6-4-16)10-7-9(18)1-2-15-10/h6-9,18H,1-5,17H2;1-2,7H,3-6,8H2,(H,15,18). The number of nitrogen functional groups attached to an aromatic ring is 1. The van der Waals surface area contributed by atoms with Gasteiger partial charge in [-0.05, 0) is 31.0 Å². The van der Waals surface area contributed by atoms with Gasteiger partial charge in [-0.1, -0.05) is 19.3 Å². The number of H-pyrrole nitrogens is 1. The zero-order chi connectivity index (χ0) is 26.3. The van der Waals surface area contributed by atoms with Gasteiger partial charge in [-0.2, -0.15) is 26.3 Å². The number of anilines is 3. The predicted octanol–water partition coefficient (Wildman–Crippen LogP) is 5.09. The van der Waals surface area contributed by atoms with Crippen LogP contribution >= 0.6 is 0 Å². The summed E-state index contributed by atoms with van der Waals surface area (Å²) in [4.78, 5) is 17.4. The van der Waals surface area contributed by atoms with Crippen molar-refractivity contribution < 1.29 is 26.3 Å². The number of pyridine rings is 1. The maximum Gasteiger partial charge on any atom is 0.418 e. The predicted molar refractivity (Wildman–Crippen MR) is 128 cm³/mol. The van der Waals surface area contributed by atoms with Crippen molar-refractivity contribution >= 4 is 17.2 Å². The molecule has 2 heterocycles. The highest BCUT2D eigenvalue weighted by molar-refractivity contribution is 5.58. The molecule has 1 aliphatic carbocycles. The van der Waals surface area contributed by atoms with E-state index in [1.54, 1.807) is 12.3 Å². The van der Waals surface area contributed by atoms with Crippen LogP contribution in [-0.4, -0.2) is 54.8 Å². The van der Waals surface area contributed by atoms with Gasteiger partial charge in [0, 0.05) is 61.9 Å². The third-order valence-corrected chi connectivity index (χ3v) is 6.21. The average molecular weight is 520 g/mol. The number of rotatable bonds is 4. The van der Waals surface area contributed by atoms with Crippen LogP contribution in [-0.2, 0) is 6.18 Å². The number of piperazine rings is 1. The fourth-order valence-electron chi connectivity index (χ4n) is 4.39. The van der Waals surface area contributed by atoms with Crippen LogP contribution < -0.4 is 21.4 Å². The Morgan fingerprint density at radius 2 is 1.61 bits per heavy atom. The number of aromatic nitrogens is 1. The van der Waals surface area contributed by atoms with E-state index in [-0.39, 0.29) is 17.2 Å². The molecule has 1 saturated carbocycles. The summed E-state index contributed by atoms with van der Waals surface area (Å²) in [5.41, 5.74) is 4.77. The van der Waals surface area contributed by atoms with Gasteiger partial charge in [-0.15, -0.1) is 0 Å². The molecule has 0 spiro atoms. The van der Waals surface area contributed by atoms with Gasteiger partial charge >= 0.3 is 12.4 Å². The van der Waals surface area contributed by atoms with Crippen LogP contribution in [0, 0.1) is 0 Å². The molecule has 2 aliphatic rings. The maximum atomic E-state index is 12.7. The number of nitrogens with zero attached hydrogens (tertiary/aromatic N) is 2. The van der Waals surface area contributed by atoms with Crippen molar-refractivity contribution in [2.75, 3.05) is 48.7 Å². The van der Waals surface area contributed by atoms with Crippen LogP contribution in [0.5, 0.6) is 0 Å². The Labute approximate surface area is 205 Å². The number of nitrogens with one attached hydrogen (secondary N) is 2. The molecule has 36 heavy (non-hydrogen) atoms. The molecule has 0 unspecified atom stereocenters.